The van der Waals surface area contributed by atoms with Crippen molar-refractivity contribution in [3.63, 3.8) is 0 Å². The fraction of sp³-hybridized carbons (Fsp3) is 0.300. The Balaban J connectivity index is 2.52. The number of allylic oxidation sites excluding steroid dienone is 2. The molecular formula is C20H24S. The van der Waals surface area contributed by atoms with Gasteiger partial charge in [0, 0.05) is 9.75 Å². The number of hydrogen-bond acceptors (Lipinski definition) is 1. The van der Waals surface area contributed by atoms with Crippen LogP contribution in [0.5, 0.6) is 0 Å². The minimum Gasteiger partial charge on any atom is -0.135 e. The molecule has 0 spiro atoms. The van der Waals surface area contributed by atoms with Crippen molar-refractivity contribution in [1.82, 2.24) is 0 Å². The van der Waals surface area contributed by atoms with Crippen LogP contribution in [0.2, 0.25) is 0 Å². The summed E-state index contributed by atoms with van der Waals surface area (Å²) in [7, 11) is 0. The highest BCUT2D eigenvalue weighted by atomic mass is 32.1. The van der Waals surface area contributed by atoms with E-state index in [9.17, 15) is 0 Å². The Morgan fingerprint density at radius 3 is 2.33 bits per heavy atom. The van der Waals surface area contributed by atoms with Gasteiger partial charge in [-0.25, -0.2) is 0 Å². The lowest BCUT2D eigenvalue weighted by atomic mass is 9.99. The molecule has 0 saturated heterocycles. The third-order valence-corrected chi connectivity index (χ3v) is 5.12. The molecular weight excluding hydrogens is 272 g/mol. The van der Waals surface area contributed by atoms with Crippen molar-refractivity contribution < 1.29 is 0 Å². The molecule has 1 aromatic carbocycles. The Morgan fingerprint density at radius 1 is 1.00 bits per heavy atom. The van der Waals surface area contributed by atoms with Crippen molar-refractivity contribution in [3.05, 3.63) is 68.9 Å². The molecule has 0 radical (unpaired) electrons. The maximum Gasteiger partial charge on any atom is 0.0383 e. The number of benzene rings is 1. The predicted molar refractivity (Wildman–Crippen MR) is 96.9 cm³/mol. The summed E-state index contributed by atoms with van der Waals surface area (Å²) in [5.41, 5.74) is 5.52. The molecule has 0 amide bonds. The molecule has 0 aliphatic rings. The van der Waals surface area contributed by atoms with Gasteiger partial charge >= 0.3 is 0 Å². The zero-order chi connectivity index (χ0) is 15.2. The Hall–Kier alpha value is -1.60. The van der Waals surface area contributed by atoms with Crippen molar-refractivity contribution in [2.45, 2.75) is 40.5 Å². The average Bonchev–Trinajstić information content (AvgIpc) is 2.79. The van der Waals surface area contributed by atoms with E-state index in [4.69, 9.17) is 0 Å². The van der Waals surface area contributed by atoms with E-state index >= 15 is 0 Å². The summed E-state index contributed by atoms with van der Waals surface area (Å²) in [6, 6.07) is 10.7. The quantitative estimate of drug-likeness (QED) is 0.581. The van der Waals surface area contributed by atoms with E-state index in [0.717, 1.165) is 12.8 Å². The van der Waals surface area contributed by atoms with Gasteiger partial charge in [0.15, 0.2) is 0 Å². The molecule has 0 atom stereocenters. The number of hydrogen-bond donors (Lipinski definition) is 0. The Kier molecular flexibility index (Phi) is 5.58. The first-order valence-corrected chi connectivity index (χ1v) is 8.53. The van der Waals surface area contributed by atoms with Crippen LogP contribution < -0.4 is 0 Å². The van der Waals surface area contributed by atoms with E-state index in [1.807, 2.05) is 11.3 Å². The molecule has 1 heterocycles. The summed E-state index contributed by atoms with van der Waals surface area (Å²) in [5, 5.41) is 0. The molecule has 0 fully saturated rings. The van der Waals surface area contributed by atoms with E-state index in [0.29, 0.717) is 0 Å². The van der Waals surface area contributed by atoms with Crippen LogP contribution in [0.1, 0.15) is 53.1 Å². The van der Waals surface area contributed by atoms with Gasteiger partial charge in [-0.2, -0.15) is 0 Å². The highest BCUT2D eigenvalue weighted by Crippen LogP contribution is 2.37. The van der Waals surface area contributed by atoms with Crippen molar-refractivity contribution in [3.8, 4) is 0 Å². The van der Waals surface area contributed by atoms with Crippen LogP contribution >= 0.6 is 11.3 Å². The molecule has 0 N–H and O–H groups in total. The van der Waals surface area contributed by atoms with Gasteiger partial charge in [0.05, 0.1) is 0 Å². The van der Waals surface area contributed by atoms with Crippen LogP contribution in [0.4, 0.5) is 0 Å². The van der Waals surface area contributed by atoms with Crippen LogP contribution in [-0.2, 0) is 0 Å². The van der Waals surface area contributed by atoms with Gasteiger partial charge in [0.1, 0.15) is 0 Å². The molecule has 2 aromatic rings. The highest BCUT2D eigenvalue weighted by Gasteiger charge is 2.14. The van der Waals surface area contributed by atoms with Crippen molar-refractivity contribution in [2.75, 3.05) is 0 Å². The fourth-order valence-corrected chi connectivity index (χ4v) is 3.73. The van der Waals surface area contributed by atoms with Gasteiger partial charge in [-0.1, -0.05) is 56.3 Å². The minimum absolute atomic E-state index is 1.06. The minimum atomic E-state index is 1.06. The van der Waals surface area contributed by atoms with Crippen LogP contribution in [-0.4, -0.2) is 0 Å². The van der Waals surface area contributed by atoms with Gasteiger partial charge in [0.2, 0.25) is 0 Å². The lowest BCUT2D eigenvalue weighted by Gasteiger charge is -2.07. The first-order valence-electron chi connectivity index (χ1n) is 7.71. The monoisotopic (exact) mass is 296 g/mol. The summed E-state index contributed by atoms with van der Waals surface area (Å²) in [6.45, 7) is 8.87. The summed E-state index contributed by atoms with van der Waals surface area (Å²) >= 11 is 1.91. The highest BCUT2D eigenvalue weighted by molar-refractivity contribution is 7.14. The maximum atomic E-state index is 2.35. The van der Waals surface area contributed by atoms with E-state index < -0.39 is 0 Å². The molecule has 0 aliphatic heterocycles. The number of rotatable bonds is 5. The van der Waals surface area contributed by atoms with Crippen molar-refractivity contribution >= 4 is 23.0 Å². The summed E-state index contributed by atoms with van der Waals surface area (Å²) < 4.78 is 0. The van der Waals surface area contributed by atoms with E-state index in [1.165, 1.54) is 32.0 Å². The first-order chi connectivity index (χ1) is 10.2. The second-order valence-corrected chi connectivity index (χ2v) is 6.30. The zero-order valence-corrected chi connectivity index (χ0v) is 14.3. The first kappa shape index (κ1) is 15.8. The van der Waals surface area contributed by atoms with Crippen molar-refractivity contribution in [2.24, 2.45) is 0 Å². The van der Waals surface area contributed by atoms with Gasteiger partial charge < -0.3 is 0 Å². The Labute approximate surface area is 132 Å². The zero-order valence-electron chi connectivity index (χ0n) is 13.4. The summed E-state index contributed by atoms with van der Waals surface area (Å²) in [4.78, 5) is 2.80. The third-order valence-electron chi connectivity index (χ3n) is 3.73. The SMILES string of the molecule is CC/C=C\c1sc(/C(=C\CC)c2ccccc2)c(C)c1C. The van der Waals surface area contributed by atoms with E-state index in [1.54, 1.807) is 0 Å². The molecule has 0 nitrogen and oxygen atoms in total. The standard InChI is InChI=1S/C20H24S/c1-5-7-14-19-15(3)16(4)20(21-19)18(11-6-2)17-12-9-8-10-13-17/h7-14H,5-6H2,1-4H3/b14-7-,18-11-. The van der Waals surface area contributed by atoms with Crippen LogP contribution in [0.3, 0.4) is 0 Å². The lowest BCUT2D eigenvalue weighted by Crippen LogP contribution is -1.87. The molecule has 1 heteroatoms. The maximum absolute atomic E-state index is 2.35. The van der Waals surface area contributed by atoms with Gasteiger partial charge in [-0.3, -0.25) is 0 Å². The molecule has 0 bridgehead atoms. The van der Waals surface area contributed by atoms with E-state index in [2.05, 4.69) is 76.3 Å². The molecule has 0 unspecified atom stereocenters. The molecule has 0 aliphatic carbocycles. The molecule has 21 heavy (non-hydrogen) atoms. The predicted octanol–water partition coefficient (Wildman–Crippen LogP) is 6.63. The normalized spacial score (nSPS) is 12.3. The van der Waals surface area contributed by atoms with Crippen LogP contribution in [0.25, 0.3) is 11.6 Å². The summed E-state index contributed by atoms with van der Waals surface area (Å²) in [5.74, 6) is 0. The lowest BCUT2D eigenvalue weighted by molar-refractivity contribution is 1.22. The van der Waals surface area contributed by atoms with Crippen molar-refractivity contribution in [1.29, 1.82) is 0 Å². The molecule has 2 rings (SSSR count). The van der Waals surface area contributed by atoms with Gasteiger partial charge in [0.25, 0.3) is 0 Å². The Bertz CT molecular complexity index is 642. The topological polar surface area (TPSA) is 0 Å². The van der Waals surface area contributed by atoms with Gasteiger partial charge in [-0.15, -0.1) is 11.3 Å². The molecule has 110 valence electrons. The average molecular weight is 296 g/mol. The third kappa shape index (κ3) is 3.54. The van der Waals surface area contributed by atoms with Crippen LogP contribution in [0.15, 0.2) is 42.5 Å². The fourth-order valence-electron chi connectivity index (χ4n) is 2.42. The summed E-state index contributed by atoms with van der Waals surface area (Å²) in [6.07, 6.45) is 9.00. The van der Waals surface area contributed by atoms with Crippen LogP contribution in [0, 0.1) is 13.8 Å². The molecule has 1 aromatic heterocycles. The van der Waals surface area contributed by atoms with E-state index in [-0.39, 0.29) is 0 Å². The Morgan fingerprint density at radius 2 is 1.71 bits per heavy atom. The number of thiophene rings is 1. The largest absolute Gasteiger partial charge is 0.135 e. The molecule has 0 saturated carbocycles. The second kappa shape index (κ2) is 7.42. The second-order valence-electron chi connectivity index (χ2n) is 5.25. The van der Waals surface area contributed by atoms with Gasteiger partial charge in [-0.05, 0) is 55.0 Å². The smallest absolute Gasteiger partial charge is 0.0383 e.